The molecule has 0 radical (unpaired) electrons. The van der Waals surface area contributed by atoms with Crippen molar-refractivity contribution >= 4 is 40.8 Å². The molecule has 0 fully saturated rings. The van der Waals surface area contributed by atoms with Gasteiger partial charge in [0, 0.05) is 6.42 Å². The van der Waals surface area contributed by atoms with Crippen molar-refractivity contribution in [1.82, 2.24) is 0 Å². The molecule has 0 saturated carbocycles. The fraction of sp³-hybridized carbons (Fsp3) is 0.875. The van der Waals surface area contributed by atoms with Crippen LogP contribution < -0.4 is 0 Å². The first-order valence-electron chi connectivity index (χ1n) is 4.18. The first-order valence-corrected chi connectivity index (χ1v) is 5.31. The van der Waals surface area contributed by atoms with Crippen molar-refractivity contribution in [2.45, 2.75) is 36.4 Å². The molecule has 0 unspecified atom stereocenters. The van der Waals surface area contributed by atoms with E-state index in [0.29, 0.717) is 25.9 Å². The standard InChI is InChI=1S/C8H13Cl3O2/c1-2-13-7(12)5-3-4-6-8(9,10)11/h2-6H2,1H3. The van der Waals surface area contributed by atoms with Gasteiger partial charge < -0.3 is 4.74 Å². The van der Waals surface area contributed by atoms with Gasteiger partial charge in [-0.2, -0.15) is 0 Å². The Morgan fingerprint density at radius 3 is 2.38 bits per heavy atom. The molecule has 0 saturated heterocycles. The number of halogens is 3. The molecule has 0 bridgehead atoms. The number of alkyl halides is 3. The Balaban J connectivity index is 3.31. The van der Waals surface area contributed by atoms with Crippen molar-refractivity contribution < 1.29 is 9.53 Å². The van der Waals surface area contributed by atoms with E-state index in [4.69, 9.17) is 39.5 Å². The summed E-state index contributed by atoms with van der Waals surface area (Å²) in [6, 6.07) is 0. The highest BCUT2D eigenvalue weighted by atomic mass is 35.6. The summed E-state index contributed by atoms with van der Waals surface area (Å²) in [5.74, 6) is -0.188. The molecule has 0 aromatic heterocycles. The molecule has 0 aromatic carbocycles. The summed E-state index contributed by atoms with van der Waals surface area (Å²) in [4.78, 5) is 10.8. The normalized spacial score (nSPS) is 11.4. The van der Waals surface area contributed by atoms with Crippen LogP contribution in [-0.4, -0.2) is 16.4 Å². The Bertz CT molecular complexity index is 154. The molecule has 13 heavy (non-hydrogen) atoms. The summed E-state index contributed by atoms with van der Waals surface area (Å²) in [5, 5.41) is 0. The van der Waals surface area contributed by atoms with Crippen LogP contribution in [0, 0.1) is 0 Å². The number of carbonyl (C=O) groups is 1. The van der Waals surface area contributed by atoms with Crippen molar-refractivity contribution in [1.29, 1.82) is 0 Å². The lowest BCUT2D eigenvalue weighted by Crippen LogP contribution is -2.05. The minimum atomic E-state index is -1.20. The highest BCUT2D eigenvalue weighted by Gasteiger charge is 2.18. The Labute approximate surface area is 93.5 Å². The Kier molecular flexibility index (Phi) is 6.92. The molecule has 0 rings (SSSR count). The Morgan fingerprint density at radius 1 is 1.31 bits per heavy atom. The summed E-state index contributed by atoms with van der Waals surface area (Å²) >= 11 is 16.6. The molecule has 0 aliphatic heterocycles. The van der Waals surface area contributed by atoms with E-state index in [2.05, 4.69) is 0 Å². The summed E-state index contributed by atoms with van der Waals surface area (Å²) in [6.07, 6.45) is 2.29. The van der Waals surface area contributed by atoms with Gasteiger partial charge in [-0.15, -0.1) is 0 Å². The molecule has 0 heterocycles. The van der Waals surface area contributed by atoms with E-state index in [9.17, 15) is 4.79 Å². The molecule has 0 atom stereocenters. The van der Waals surface area contributed by atoms with Crippen LogP contribution in [0.2, 0.25) is 0 Å². The highest BCUT2D eigenvalue weighted by Crippen LogP contribution is 2.31. The monoisotopic (exact) mass is 246 g/mol. The van der Waals surface area contributed by atoms with Gasteiger partial charge in [-0.05, 0) is 26.2 Å². The minimum Gasteiger partial charge on any atom is -0.466 e. The molecule has 0 spiro atoms. The first-order chi connectivity index (χ1) is 5.95. The van der Waals surface area contributed by atoms with E-state index in [0.717, 1.165) is 6.42 Å². The molecule has 0 aliphatic carbocycles. The zero-order chi connectivity index (χ0) is 10.3. The molecule has 0 amide bonds. The van der Waals surface area contributed by atoms with Gasteiger partial charge in [-0.1, -0.05) is 34.8 Å². The van der Waals surface area contributed by atoms with Crippen LogP contribution in [0.15, 0.2) is 0 Å². The van der Waals surface area contributed by atoms with Crippen LogP contribution in [0.5, 0.6) is 0 Å². The SMILES string of the molecule is CCOC(=O)CCCCC(Cl)(Cl)Cl. The van der Waals surface area contributed by atoms with Gasteiger partial charge in [0.25, 0.3) is 0 Å². The average molecular weight is 248 g/mol. The second kappa shape index (κ2) is 6.74. The smallest absolute Gasteiger partial charge is 0.305 e. The molecule has 2 nitrogen and oxygen atoms in total. The van der Waals surface area contributed by atoms with Gasteiger partial charge in [0.05, 0.1) is 6.61 Å². The number of ether oxygens (including phenoxy) is 1. The van der Waals surface area contributed by atoms with Crippen molar-refractivity contribution in [2.75, 3.05) is 6.61 Å². The summed E-state index contributed by atoms with van der Waals surface area (Å²) in [7, 11) is 0. The fourth-order valence-corrected chi connectivity index (χ4v) is 1.23. The number of esters is 1. The fourth-order valence-electron chi connectivity index (χ4n) is 0.828. The van der Waals surface area contributed by atoms with Gasteiger partial charge in [-0.3, -0.25) is 4.79 Å². The predicted molar refractivity (Wildman–Crippen MR) is 55.4 cm³/mol. The Hall–Kier alpha value is 0.340. The van der Waals surface area contributed by atoms with Crippen LogP contribution in [0.4, 0.5) is 0 Å². The minimum absolute atomic E-state index is 0.188. The van der Waals surface area contributed by atoms with Crippen LogP contribution in [-0.2, 0) is 9.53 Å². The van der Waals surface area contributed by atoms with Crippen molar-refractivity contribution in [3.05, 3.63) is 0 Å². The lowest BCUT2D eigenvalue weighted by Gasteiger charge is -2.09. The second-order valence-electron chi connectivity index (χ2n) is 2.63. The third-order valence-electron chi connectivity index (χ3n) is 1.40. The van der Waals surface area contributed by atoms with Gasteiger partial charge in [0.15, 0.2) is 3.79 Å². The van der Waals surface area contributed by atoms with Crippen LogP contribution >= 0.6 is 34.8 Å². The van der Waals surface area contributed by atoms with E-state index in [1.165, 1.54) is 0 Å². The number of carbonyl (C=O) groups excluding carboxylic acids is 1. The maximum atomic E-state index is 10.8. The van der Waals surface area contributed by atoms with E-state index < -0.39 is 3.79 Å². The number of hydrogen-bond acceptors (Lipinski definition) is 2. The first kappa shape index (κ1) is 13.3. The predicted octanol–water partition coefficient (Wildman–Crippen LogP) is 3.48. The number of unbranched alkanes of at least 4 members (excludes halogenated alkanes) is 1. The molecular formula is C8H13Cl3O2. The van der Waals surface area contributed by atoms with Gasteiger partial charge >= 0.3 is 5.97 Å². The van der Waals surface area contributed by atoms with Gasteiger partial charge in [0.2, 0.25) is 0 Å². The van der Waals surface area contributed by atoms with Crippen LogP contribution in [0.25, 0.3) is 0 Å². The third-order valence-corrected chi connectivity index (χ3v) is 1.96. The quantitative estimate of drug-likeness (QED) is 0.422. The molecular weight excluding hydrogens is 234 g/mol. The van der Waals surface area contributed by atoms with Gasteiger partial charge in [0.1, 0.15) is 0 Å². The third kappa shape index (κ3) is 10.3. The average Bonchev–Trinajstić information content (AvgIpc) is 1.97. The van der Waals surface area contributed by atoms with Crippen LogP contribution in [0.3, 0.4) is 0 Å². The Morgan fingerprint density at radius 2 is 1.92 bits per heavy atom. The van der Waals surface area contributed by atoms with Gasteiger partial charge in [-0.25, -0.2) is 0 Å². The largest absolute Gasteiger partial charge is 0.466 e. The summed E-state index contributed by atoms with van der Waals surface area (Å²) < 4.78 is 3.54. The lowest BCUT2D eigenvalue weighted by molar-refractivity contribution is -0.143. The zero-order valence-electron chi connectivity index (χ0n) is 7.49. The second-order valence-corrected chi connectivity index (χ2v) is 5.14. The molecule has 0 aromatic rings. The summed E-state index contributed by atoms with van der Waals surface area (Å²) in [5.41, 5.74) is 0. The summed E-state index contributed by atoms with van der Waals surface area (Å²) in [6.45, 7) is 2.20. The van der Waals surface area contributed by atoms with Crippen LogP contribution in [0.1, 0.15) is 32.6 Å². The maximum absolute atomic E-state index is 10.8. The van der Waals surface area contributed by atoms with Crippen molar-refractivity contribution in [3.63, 3.8) is 0 Å². The van der Waals surface area contributed by atoms with E-state index >= 15 is 0 Å². The molecule has 5 heteroatoms. The number of rotatable bonds is 5. The molecule has 78 valence electrons. The van der Waals surface area contributed by atoms with E-state index in [1.807, 2.05) is 0 Å². The number of hydrogen-bond donors (Lipinski definition) is 0. The van der Waals surface area contributed by atoms with E-state index in [1.54, 1.807) is 6.92 Å². The topological polar surface area (TPSA) is 26.3 Å². The van der Waals surface area contributed by atoms with Crippen molar-refractivity contribution in [2.24, 2.45) is 0 Å². The lowest BCUT2D eigenvalue weighted by atomic mass is 10.2. The van der Waals surface area contributed by atoms with E-state index in [-0.39, 0.29) is 5.97 Å². The highest BCUT2D eigenvalue weighted by molar-refractivity contribution is 6.67. The molecule has 0 aliphatic rings. The molecule has 0 N–H and O–H groups in total. The maximum Gasteiger partial charge on any atom is 0.305 e. The van der Waals surface area contributed by atoms with Crippen molar-refractivity contribution in [3.8, 4) is 0 Å². The zero-order valence-corrected chi connectivity index (χ0v) is 9.75.